The number of thiophene rings is 1. The van der Waals surface area contributed by atoms with E-state index in [0.717, 1.165) is 40.7 Å². The van der Waals surface area contributed by atoms with Gasteiger partial charge in [-0.25, -0.2) is 4.98 Å². The van der Waals surface area contributed by atoms with E-state index >= 15 is 0 Å². The van der Waals surface area contributed by atoms with Gasteiger partial charge in [0, 0.05) is 23.4 Å². The van der Waals surface area contributed by atoms with Crippen LogP contribution in [0.3, 0.4) is 0 Å². The van der Waals surface area contributed by atoms with Crippen molar-refractivity contribution in [1.82, 2.24) is 9.97 Å². The number of hydrogen-bond acceptors (Lipinski definition) is 4. The first-order valence-corrected chi connectivity index (χ1v) is 11.4. The van der Waals surface area contributed by atoms with Crippen LogP contribution in [0.5, 0.6) is 0 Å². The predicted molar refractivity (Wildman–Crippen MR) is 123 cm³/mol. The molecule has 0 unspecified atom stereocenters. The monoisotopic (exact) mass is 423 g/mol. The standard InChI is InChI=1S/C24H29N3O2S/c1-14-6-5-7-16(12-14)25-20(28)11-10-19-26-22(29)21-17-9-8-15(24(2,3)4)13-18(17)30-23(21)27-19/h5-7,12,15H,8-11,13H2,1-4H3,(H,25,28)(H,26,27,29)/t15-/m0/s1. The summed E-state index contributed by atoms with van der Waals surface area (Å²) in [5, 5.41) is 3.67. The lowest BCUT2D eigenvalue weighted by molar-refractivity contribution is -0.116. The van der Waals surface area contributed by atoms with Crippen molar-refractivity contribution in [2.75, 3.05) is 5.32 Å². The van der Waals surface area contributed by atoms with E-state index in [4.69, 9.17) is 4.98 Å². The van der Waals surface area contributed by atoms with Gasteiger partial charge in [-0.05, 0) is 60.8 Å². The van der Waals surface area contributed by atoms with Gasteiger partial charge in [-0.1, -0.05) is 32.9 Å². The number of aromatic amines is 1. The van der Waals surface area contributed by atoms with E-state index in [-0.39, 0.29) is 23.3 Å². The fourth-order valence-corrected chi connectivity index (χ4v) is 5.58. The third-order valence-corrected chi connectivity index (χ3v) is 7.23. The second-order valence-electron chi connectivity index (χ2n) is 9.42. The summed E-state index contributed by atoms with van der Waals surface area (Å²) in [5.41, 5.74) is 3.27. The molecule has 6 heteroatoms. The molecule has 2 N–H and O–H groups in total. The van der Waals surface area contributed by atoms with Gasteiger partial charge in [0.2, 0.25) is 5.91 Å². The molecule has 4 rings (SSSR count). The van der Waals surface area contributed by atoms with E-state index in [1.54, 1.807) is 11.3 Å². The first-order chi connectivity index (χ1) is 14.2. The molecule has 1 aromatic carbocycles. The maximum atomic E-state index is 12.8. The van der Waals surface area contributed by atoms with Crippen LogP contribution in [0.1, 0.15) is 55.4 Å². The van der Waals surface area contributed by atoms with Crippen LogP contribution in [0.4, 0.5) is 5.69 Å². The smallest absolute Gasteiger partial charge is 0.259 e. The SMILES string of the molecule is Cc1cccc(NC(=O)CCc2nc3sc4c(c3c(=O)[nH]2)CC[C@H](C(C)(C)C)C4)c1. The van der Waals surface area contributed by atoms with Gasteiger partial charge in [0.1, 0.15) is 10.7 Å². The van der Waals surface area contributed by atoms with E-state index in [1.165, 1.54) is 10.4 Å². The second-order valence-corrected chi connectivity index (χ2v) is 10.5. The van der Waals surface area contributed by atoms with Crippen molar-refractivity contribution in [2.24, 2.45) is 11.3 Å². The number of rotatable bonds is 4. The van der Waals surface area contributed by atoms with Crippen LogP contribution in [0.25, 0.3) is 10.2 Å². The molecule has 3 aromatic rings. The highest BCUT2D eigenvalue weighted by Crippen LogP contribution is 2.41. The van der Waals surface area contributed by atoms with Gasteiger partial charge in [-0.15, -0.1) is 11.3 Å². The minimum absolute atomic E-state index is 0.0687. The summed E-state index contributed by atoms with van der Waals surface area (Å²) in [7, 11) is 0. The van der Waals surface area contributed by atoms with Crippen molar-refractivity contribution in [1.29, 1.82) is 0 Å². The molecule has 1 aliphatic rings. The first-order valence-electron chi connectivity index (χ1n) is 10.6. The van der Waals surface area contributed by atoms with Crippen LogP contribution in [0, 0.1) is 18.3 Å². The second kappa shape index (κ2) is 7.99. The summed E-state index contributed by atoms with van der Waals surface area (Å²) in [6.07, 6.45) is 3.77. The lowest BCUT2D eigenvalue weighted by Gasteiger charge is -2.33. The van der Waals surface area contributed by atoms with Crippen LogP contribution >= 0.6 is 11.3 Å². The molecule has 0 radical (unpaired) electrons. The molecule has 30 heavy (non-hydrogen) atoms. The molecule has 0 fully saturated rings. The van der Waals surface area contributed by atoms with Gasteiger partial charge < -0.3 is 10.3 Å². The lowest BCUT2D eigenvalue weighted by Crippen LogP contribution is -2.26. The molecule has 158 valence electrons. The molecule has 1 amide bonds. The molecule has 0 aliphatic heterocycles. The van der Waals surface area contributed by atoms with Crippen molar-refractivity contribution in [3.63, 3.8) is 0 Å². The molecular weight excluding hydrogens is 394 g/mol. The number of amides is 1. The fourth-order valence-electron chi connectivity index (χ4n) is 4.26. The average Bonchev–Trinajstić information content (AvgIpc) is 3.03. The minimum atomic E-state index is -0.0816. The molecular formula is C24H29N3O2S. The minimum Gasteiger partial charge on any atom is -0.326 e. The molecule has 0 saturated carbocycles. The third kappa shape index (κ3) is 4.33. The molecule has 1 atom stereocenters. The van der Waals surface area contributed by atoms with Gasteiger partial charge in [-0.2, -0.15) is 0 Å². The maximum Gasteiger partial charge on any atom is 0.259 e. The lowest BCUT2D eigenvalue weighted by atomic mass is 9.72. The molecule has 0 saturated heterocycles. The highest BCUT2D eigenvalue weighted by molar-refractivity contribution is 7.18. The summed E-state index contributed by atoms with van der Waals surface area (Å²) in [6, 6.07) is 7.72. The van der Waals surface area contributed by atoms with Gasteiger partial charge in [0.25, 0.3) is 5.56 Å². The van der Waals surface area contributed by atoms with Gasteiger partial charge in [0.15, 0.2) is 0 Å². The van der Waals surface area contributed by atoms with Crippen LogP contribution in [-0.2, 0) is 24.1 Å². The zero-order valence-corrected chi connectivity index (χ0v) is 18.9. The number of benzene rings is 1. The van der Waals surface area contributed by atoms with E-state index in [1.807, 2.05) is 31.2 Å². The summed E-state index contributed by atoms with van der Waals surface area (Å²) >= 11 is 1.65. The van der Waals surface area contributed by atoms with Crippen molar-refractivity contribution in [3.05, 3.63) is 56.4 Å². The Morgan fingerprint density at radius 1 is 1.33 bits per heavy atom. The van der Waals surface area contributed by atoms with E-state index in [0.29, 0.717) is 18.2 Å². The van der Waals surface area contributed by atoms with Gasteiger partial charge in [0.05, 0.1) is 5.39 Å². The zero-order chi connectivity index (χ0) is 21.5. The third-order valence-electron chi connectivity index (χ3n) is 6.08. The highest BCUT2D eigenvalue weighted by atomic mass is 32.1. The Bertz CT molecular complexity index is 1150. The predicted octanol–water partition coefficient (Wildman–Crippen LogP) is 5.02. The Hall–Kier alpha value is -2.47. The topological polar surface area (TPSA) is 74.8 Å². The Balaban J connectivity index is 1.50. The van der Waals surface area contributed by atoms with Crippen LogP contribution in [0.2, 0.25) is 0 Å². The number of aryl methyl sites for hydroxylation is 3. The van der Waals surface area contributed by atoms with Gasteiger partial charge >= 0.3 is 0 Å². The van der Waals surface area contributed by atoms with Crippen LogP contribution in [-0.4, -0.2) is 15.9 Å². The summed E-state index contributed by atoms with van der Waals surface area (Å²) in [6.45, 7) is 8.87. The maximum absolute atomic E-state index is 12.8. The number of aromatic nitrogens is 2. The Morgan fingerprint density at radius 2 is 2.13 bits per heavy atom. The average molecular weight is 424 g/mol. The number of nitrogens with zero attached hydrogens (tertiary/aromatic N) is 1. The van der Waals surface area contributed by atoms with Crippen molar-refractivity contribution < 1.29 is 4.79 Å². The molecule has 0 spiro atoms. The van der Waals surface area contributed by atoms with Crippen molar-refractivity contribution >= 4 is 33.1 Å². The molecule has 1 aliphatic carbocycles. The molecule has 0 bridgehead atoms. The number of carbonyl (C=O) groups excluding carboxylic acids is 1. The van der Waals surface area contributed by atoms with Crippen LogP contribution in [0.15, 0.2) is 29.1 Å². The molecule has 5 nitrogen and oxygen atoms in total. The number of carbonyl (C=O) groups is 1. The molecule has 2 aromatic heterocycles. The highest BCUT2D eigenvalue weighted by Gasteiger charge is 2.31. The van der Waals surface area contributed by atoms with Crippen molar-refractivity contribution in [2.45, 2.75) is 59.8 Å². The number of fused-ring (bicyclic) bond motifs is 3. The summed E-state index contributed by atoms with van der Waals surface area (Å²) in [4.78, 5) is 34.8. The Morgan fingerprint density at radius 3 is 2.87 bits per heavy atom. The quantitative estimate of drug-likeness (QED) is 0.619. The number of anilines is 1. The fraction of sp³-hybridized carbons (Fsp3) is 0.458. The first kappa shape index (κ1) is 20.8. The van der Waals surface area contributed by atoms with Crippen molar-refractivity contribution in [3.8, 4) is 0 Å². The van der Waals surface area contributed by atoms with Gasteiger partial charge in [-0.3, -0.25) is 9.59 Å². The van der Waals surface area contributed by atoms with Crippen LogP contribution < -0.4 is 10.9 Å². The number of H-pyrrole nitrogens is 1. The Labute approximate surface area is 180 Å². The van der Waals surface area contributed by atoms with E-state index in [9.17, 15) is 9.59 Å². The number of nitrogens with one attached hydrogen (secondary N) is 2. The normalized spacial score (nSPS) is 16.5. The summed E-state index contributed by atoms with van der Waals surface area (Å²) in [5.74, 6) is 1.13. The Kier molecular flexibility index (Phi) is 5.53. The van der Waals surface area contributed by atoms with E-state index in [2.05, 4.69) is 31.1 Å². The summed E-state index contributed by atoms with van der Waals surface area (Å²) < 4.78 is 0. The molecule has 2 heterocycles. The largest absolute Gasteiger partial charge is 0.326 e. The number of hydrogen-bond donors (Lipinski definition) is 2. The van der Waals surface area contributed by atoms with E-state index < -0.39 is 0 Å². The zero-order valence-electron chi connectivity index (χ0n) is 18.1.